The minimum atomic E-state index is -1.05. The van der Waals surface area contributed by atoms with Crippen molar-refractivity contribution >= 4 is 5.91 Å². The van der Waals surface area contributed by atoms with Crippen LogP contribution in [0.25, 0.3) is 0 Å². The zero-order valence-corrected chi connectivity index (χ0v) is 10.1. The summed E-state index contributed by atoms with van der Waals surface area (Å²) in [5.74, 6) is -0.296. The molecule has 0 heterocycles. The zero-order valence-electron chi connectivity index (χ0n) is 10.1. The Balaban J connectivity index is 2.28. The first-order valence-corrected chi connectivity index (χ1v) is 6.39. The SMILES string of the molecule is CCCCC(N)C(O)C(=O)NC1CCCC1. The quantitative estimate of drug-likeness (QED) is 0.633. The monoisotopic (exact) mass is 228 g/mol. The van der Waals surface area contributed by atoms with Crippen LogP contribution in [0.15, 0.2) is 0 Å². The highest BCUT2D eigenvalue weighted by molar-refractivity contribution is 5.81. The molecule has 0 aliphatic heterocycles. The summed E-state index contributed by atoms with van der Waals surface area (Å²) >= 11 is 0. The predicted molar refractivity (Wildman–Crippen MR) is 63.9 cm³/mol. The van der Waals surface area contributed by atoms with Crippen molar-refractivity contribution < 1.29 is 9.90 Å². The molecule has 0 bridgehead atoms. The first kappa shape index (κ1) is 13.5. The molecular weight excluding hydrogens is 204 g/mol. The maximum absolute atomic E-state index is 11.7. The van der Waals surface area contributed by atoms with Gasteiger partial charge in [-0.1, -0.05) is 32.6 Å². The van der Waals surface area contributed by atoms with E-state index in [1.54, 1.807) is 0 Å². The fourth-order valence-electron chi connectivity index (χ4n) is 2.15. The zero-order chi connectivity index (χ0) is 12.0. The molecule has 1 saturated carbocycles. The normalized spacial score (nSPS) is 20.7. The Hall–Kier alpha value is -0.610. The minimum absolute atomic E-state index is 0.250. The van der Waals surface area contributed by atoms with Gasteiger partial charge in [-0.15, -0.1) is 0 Å². The van der Waals surface area contributed by atoms with Gasteiger partial charge in [-0.2, -0.15) is 0 Å². The van der Waals surface area contributed by atoms with E-state index in [4.69, 9.17) is 5.73 Å². The van der Waals surface area contributed by atoms with E-state index >= 15 is 0 Å². The molecule has 2 unspecified atom stereocenters. The van der Waals surface area contributed by atoms with Crippen molar-refractivity contribution in [2.45, 2.75) is 70.1 Å². The van der Waals surface area contributed by atoms with Crippen LogP contribution in [0.1, 0.15) is 51.9 Å². The summed E-state index contributed by atoms with van der Waals surface area (Å²) in [4.78, 5) is 11.7. The molecule has 0 saturated heterocycles. The van der Waals surface area contributed by atoms with Crippen molar-refractivity contribution in [3.8, 4) is 0 Å². The third-order valence-electron chi connectivity index (χ3n) is 3.27. The van der Waals surface area contributed by atoms with E-state index < -0.39 is 12.1 Å². The number of hydrogen-bond acceptors (Lipinski definition) is 3. The Morgan fingerprint density at radius 2 is 2.12 bits per heavy atom. The van der Waals surface area contributed by atoms with Crippen molar-refractivity contribution in [1.82, 2.24) is 5.32 Å². The molecule has 1 aliphatic carbocycles. The second kappa shape index (κ2) is 6.86. The van der Waals surface area contributed by atoms with Gasteiger partial charge in [-0.3, -0.25) is 4.79 Å². The van der Waals surface area contributed by atoms with Crippen LogP contribution in [-0.4, -0.2) is 29.2 Å². The average molecular weight is 228 g/mol. The van der Waals surface area contributed by atoms with E-state index in [1.807, 2.05) is 0 Å². The molecule has 2 atom stereocenters. The van der Waals surface area contributed by atoms with Crippen LogP contribution in [0.3, 0.4) is 0 Å². The van der Waals surface area contributed by atoms with Gasteiger partial charge in [0.2, 0.25) is 0 Å². The maximum atomic E-state index is 11.7. The number of aliphatic hydroxyl groups excluding tert-OH is 1. The molecule has 0 aromatic rings. The summed E-state index contributed by atoms with van der Waals surface area (Å²) in [7, 11) is 0. The van der Waals surface area contributed by atoms with Crippen molar-refractivity contribution in [3.05, 3.63) is 0 Å². The molecule has 1 rings (SSSR count). The summed E-state index contributed by atoms with van der Waals surface area (Å²) in [5, 5.41) is 12.6. The minimum Gasteiger partial charge on any atom is -0.382 e. The van der Waals surface area contributed by atoms with E-state index in [0.717, 1.165) is 25.7 Å². The highest BCUT2D eigenvalue weighted by Gasteiger charge is 2.25. The lowest BCUT2D eigenvalue weighted by atomic mass is 10.0. The summed E-state index contributed by atoms with van der Waals surface area (Å²) in [6.07, 6.45) is 6.04. The molecule has 1 aliphatic rings. The van der Waals surface area contributed by atoms with Gasteiger partial charge in [0.05, 0.1) is 0 Å². The number of rotatable bonds is 6. The van der Waals surface area contributed by atoms with Crippen LogP contribution in [0.5, 0.6) is 0 Å². The number of nitrogens with two attached hydrogens (primary N) is 1. The van der Waals surface area contributed by atoms with Gasteiger partial charge in [-0.05, 0) is 19.3 Å². The largest absolute Gasteiger partial charge is 0.382 e. The van der Waals surface area contributed by atoms with Crippen LogP contribution in [0.4, 0.5) is 0 Å². The van der Waals surface area contributed by atoms with Crippen LogP contribution >= 0.6 is 0 Å². The van der Waals surface area contributed by atoms with Gasteiger partial charge in [0.1, 0.15) is 6.10 Å². The molecule has 94 valence electrons. The fraction of sp³-hybridized carbons (Fsp3) is 0.917. The van der Waals surface area contributed by atoms with Gasteiger partial charge >= 0.3 is 0 Å². The third kappa shape index (κ3) is 4.10. The second-order valence-corrected chi connectivity index (χ2v) is 4.74. The summed E-state index contributed by atoms with van der Waals surface area (Å²) in [5.41, 5.74) is 5.77. The van der Waals surface area contributed by atoms with E-state index in [2.05, 4.69) is 12.2 Å². The van der Waals surface area contributed by atoms with E-state index in [9.17, 15) is 9.90 Å². The molecule has 4 heteroatoms. The van der Waals surface area contributed by atoms with Crippen molar-refractivity contribution in [2.75, 3.05) is 0 Å². The number of amides is 1. The molecule has 0 aromatic carbocycles. The number of aliphatic hydroxyl groups is 1. The molecule has 4 N–H and O–H groups in total. The second-order valence-electron chi connectivity index (χ2n) is 4.74. The highest BCUT2D eigenvalue weighted by atomic mass is 16.3. The van der Waals surface area contributed by atoms with Gasteiger partial charge in [0.25, 0.3) is 5.91 Å². The summed E-state index contributed by atoms with van der Waals surface area (Å²) in [6.45, 7) is 2.07. The van der Waals surface area contributed by atoms with Crippen molar-refractivity contribution in [3.63, 3.8) is 0 Å². The molecule has 0 aromatic heterocycles. The third-order valence-corrected chi connectivity index (χ3v) is 3.27. The molecule has 0 radical (unpaired) electrons. The van der Waals surface area contributed by atoms with E-state index in [1.165, 1.54) is 12.8 Å². The number of hydrogen-bond donors (Lipinski definition) is 3. The molecular formula is C12H24N2O2. The standard InChI is InChI=1S/C12H24N2O2/c1-2-3-8-10(13)11(15)12(16)14-9-6-4-5-7-9/h9-11,15H,2-8,13H2,1H3,(H,14,16). The number of carbonyl (C=O) groups excluding carboxylic acids is 1. The lowest BCUT2D eigenvalue weighted by Gasteiger charge is -2.20. The van der Waals surface area contributed by atoms with Gasteiger partial charge in [-0.25, -0.2) is 0 Å². The Labute approximate surface area is 97.6 Å². The Morgan fingerprint density at radius 3 is 2.69 bits per heavy atom. The predicted octanol–water partition coefficient (Wildman–Crippen LogP) is 0.924. The lowest BCUT2D eigenvalue weighted by molar-refractivity contribution is -0.131. The van der Waals surface area contributed by atoms with E-state index in [-0.39, 0.29) is 11.9 Å². The van der Waals surface area contributed by atoms with Gasteiger partial charge in [0, 0.05) is 12.1 Å². The first-order chi connectivity index (χ1) is 7.65. The molecule has 4 nitrogen and oxygen atoms in total. The van der Waals surface area contributed by atoms with Crippen molar-refractivity contribution in [1.29, 1.82) is 0 Å². The molecule has 1 amide bonds. The maximum Gasteiger partial charge on any atom is 0.250 e. The van der Waals surface area contributed by atoms with Gasteiger partial charge < -0.3 is 16.2 Å². The number of unbranched alkanes of at least 4 members (excludes halogenated alkanes) is 1. The van der Waals surface area contributed by atoms with Crippen molar-refractivity contribution in [2.24, 2.45) is 5.73 Å². The lowest BCUT2D eigenvalue weighted by Crippen LogP contribution is -2.48. The van der Waals surface area contributed by atoms with Crippen LogP contribution in [0.2, 0.25) is 0 Å². The molecule has 16 heavy (non-hydrogen) atoms. The van der Waals surface area contributed by atoms with Crippen LogP contribution in [-0.2, 0) is 4.79 Å². The first-order valence-electron chi connectivity index (χ1n) is 6.39. The Morgan fingerprint density at radius 1 is 1.50 bits per heavy atom. The van der Waals surface area contributed by atoms with E-state index in [0.29, 0.717) is 6.42 Å². The average Bonchev–Trinajstić information content (AvgIpc) is 2.77. The summed E-state index contributed by atoms with van der Waals surface area (Å²) < 4.78 is 0. The molecule has 0 spiro atoms. The fourth-order valence-corrected chi connectivity index (χ4v) is 2.15. The van der Waals surface area contributed by atoms with Gasteiger partial charge in [0.15, 0.2) is 0 Å². The number of carbonyl (C=O) groups is 1. The van der Waals surface area contributed by atoms with Crippen LogP contribution < -0.4 is 11.1 Å². The Bertz CT molecular complexity index is 215. The highest BCUT2D eigenvalue weighted by Crippen LogP contribution is 2.17. The van der Waals surface area contributed by atoms with Crippen LogP contribution in [0, 0.1) is 0 Å². The molecule has 1 fully saturated rings. The smallest absolute Gasteiger partial charge is 0.250 e. The Kier molecular flexibility index (Phi) is 5.77. The number of nitrogens with one attached hydrogen (secondary N) is 1. The summed E-state index contributed by atoms with van der Waals surface area (Å²) in [6, 6.07) is -0.179. The topological polar surface area (TPSA) is 75.3 Å².